The van der Waals surface area contributed by atoms with Gasteiger partial charge in [0.2, 0.25) is 5.91 Å². The lowest BCUT2D eigenvalue weighted by molar-refractivity contribution is -0.118. The van der Waals surface area contributed by atoms with Crippen molar-refractivity contribution in [2.24, 2.45) is 4.99 Å². The molecule has 0 aromatic rings. The van der Waals surface area contributed by atoms with Crippen LogP contribution >= 0.6 is 0 Å². The van der Waals surface area contributed by atoms with Crippen LogP contribution in [0.1, 0.15) is 26.2 Å². The number of carbonyl (C=O) groups is 1. The lowest BCUT2D eigenvalue weighted by Crippen LogP contribution is -2.20. The lowest BCUT2D eigenvalue weighted by atomic mass is 10.2. The average Bonchev–Trinajstić information content (AvgIpc) is 1.96. The van der Waals surface area contributed by atoms with E-state index in [1.54, 1.807) is 7.05 Å². The maximum atomic E-state index is 10.4. The summed E-state index contributed by atoms with van der Waals surface area (Å²) in [6, 6.07) is 0. The largest absolute Gasteiger partial charge is 0.356 e. The van der Waals surface area contributed by atoms with Crippen LogP contribution < -0.4 is 5.32 Å². The first kappa shape index (κ1) is 10.1. The van der Waals surface area contributed by atoms with E-state index in [1.165, 1.54) is 6.92 Å². The first-order valence-electron chi connectivity index (χ1n) is 3.92. The van der Waals surface area contributed by atoms with E-state index in [4.69, 9.17) is 0 Å². The molecular weight excluding hydrogens is 142 g/mol. The summed E-state index contributed by atoms with van der Waals surface area (Å²) < 4.78 is 0. The van der Waals surface area contributed by atoms with Gasteiger partial charge >= 0.3 is 0 Å². The third kappa shape index (κ3) is 9.14. The number of hydrogen-bond acceptors (Lipinski definition) is 2. The molecular formula is C8H16N2O. The summed E-state index contributed by atoms with van der Waals surface area (Å²) in [6.45, 7) is 2.32. The summed E-state index contributed by atoms with van der Waals surface area (Å²) >= 11 is 0. The predicted molar refractivity (Wildman–Crippen MR) is 47.0 cm³/mol. The first-order valence-corrected chi connectivity index (χ1v) is 3.92. The second-order valence-corrected chi connectivity index (χ2v) is 2.42. The molecule has 0 atom stereocenters. The highest BCUT2D eigenvalue weighted by molar-refractivity contribution is 5.72. The Kier molecular flexibility index (Phi) is 6.68. The Morgan fingerprint density at radius 3 is 2.82 bits per heavy atom. The van der Waals surface area contributed by atoms with Gasteiger partial charge in [-0.3, -0.25) is 4.79 Å². The van der Waals surface area contributed by atoms with E-state index < -0.39 is 0 Å². The van der Waals surface area contributed by atoms with E-state index in [9.17, 15) is 4.79 Å². The zero-order valence-electron chi connectivity index (χ0n) is 7.26. The topological polar surface area (TPSA) is 41.5 Å². The molecule has 11 heavy (non-hydrogen) atoms. The van der Waals surface area contributed by atoms with Crippen molar-refractivity contribution in [3.05, 3.63) is 0 Å². The second kappa shape index (κ2) is 7.25. The molecule has 3 heteroatoms. The zero-order chi connectivity index (χ0) is 8.53. The maximum Gasteiger partial charge on any atom is 0.216 e. The van der Waals surface area contributed by atoms with Gasteiger partial charge in [0.25, 0.3) is 0 Å². The van der Waals surface area contributed by atoms with Crippen LogP contribution in [0.4, 0.5) is 0 Å². The van der Waals surface area contributed by atoms with Crippen LogP contribution in [0.25, 0.3) is 0 Å². The van der Waals surface area contributed by atoms with E-state index in [0.717, 1.165) is 25.8 Å². The molecule has 0 aliphatic heterocycles. The molecule has 0 bridgehead atoms. The zero-order valence-corrected chi connectivity index (χ0v) is 7.26. The quantitative estimate of drug-likeness (QED) is 0.362. The van der Waals surface area contributed by atoms with Crippen molar-refractivity contribution in [3.63, 3.8) is 0 Å². The van der Waals surface area contributed by atoms with Crippen LogP contribution in [0.3, 0.4) is 0 Å². The molecule has 0 aromatic carbocycles. The molecule has 0 heterocycles. The first-order chi connectivity index (χ1) is 5.27. The van der Waals surface area contributed by atoms with Gasteiger partial charge in [-0.2, -0.15) is 0 Å². The summed E-state index contributed by atoms with van der Waals surface area (Å²) in [7, 11) is 1.77. The van der Waals surface area contributed by atoms with Gasteiger partial charge in [-0.1, -0.05) is 0 Å². The Morgan fingerprint density at radius 2 is 2.27 bits per heavy atom. The standard InChI is InChI=1S/C8H16N2O/c1-8(11)10-7-5-3-4-6-9-2/h6H,3-5,7H2,1-2H3,(H,10,11)/b9-6-/i2+1,8+1. The van der Waals surface area contributed by atoms with Gasteiger partial charge in [-0.25, -0.2) is 0 Å². The summed E-state index contributed by atoms with van der Waals surface area (Å²) in [4.78, 5) is 14.3. The van der Waals surface area contributed by atoms with Crippen molar-refractivity contribution >= 4 is 12.1 Å². The fourth-order valence-electron chi connectivity index (χ4n) is 0.754. The van der Waals surface area contributed by atoms with Gasteiger partial charge < -0.3 is 10.3 Å². The highest BCUT2D eigenvalue weighted by Crippen LogP contribution is 1.90. The van der Waals surface area contributed by atoms with E-state index in [-0.39, 0.29) is 5.91 Å². The van der Waals surface area contributed by atoms with E-state index >= 15 is 0 Å². The molecule has 0 aliphatic carbocycles. The van der Waals surface area contributed by atoms with Crippen LogP contribution in [-0.4, -0.2) is 25.7 Å². The third-order valence-corrected chi connectivity index (χ3v) is 1.32. The average molecular weight is 158 g/mol. The number of carbonyl (C=O) groups excluding carboxylic acids is 1. The second-order valence-electron chi connectivity index (χ2n) is 2.42. The monoisotopic (exact) mass is 158 g/mol. The van der Waals surface area contributed by atoms with Gasteiger partial charge in [0.05, 0.1) is 0 Å². The maximum absolute atomic E-state index is 10.4. The molecule has 0 aromatic heterocycles. The molecule has 0 unspecified atom stereocenters. The highest BCUT2D eigenvalue weighted by Gasteiger charge is 1.89. The van der Waals surface area contributed by atoms with Crippen LogP contribution in [0.2, 0.25) is 0 Å². The van der Waals surface area contributed by atoms with Crippen molar-refractivity contribution in [1.29, 1.82) is 0 Å². The molecule has 0 radical (unpaired) electrons. The molecule has 0 saturated carbocycles. The number of amides is 1. The van der Waals surface area contributed by atoms with Gasteiger partial charge in [0, 0.05) is 20.5 Å². The van der Waals surface area contributed by atoms with Crippen molar-refractivity contribution in [2.75, 3.05) is 13.6 Å². The molecule has 1 amide bonds. The summed E-state index contributed by atoms with van der Waals surface area (Å²) in [5.74, 6) is 0.0501. The normalized spacial score (nSPS) is 10.4. The number of unbranched alkanes of at least 4 members (excludes halogenated alkanes) is 2. The van der Waals surface area contributed by atoms with Crippen molar-refractivity contribution < 1.29 is 4.79 Å². The minimum Gasteiger partial charge on any atom is -0.356 e. The SMILES string of the molecule is C[13C](=O)NCCCC/C=N\[13CH3]. The predicted octanol–water partition coefficient (Wildman–Crippen LogP) is 0.993. The van der Waals surface area contributed by atoms with Gasteiger partial charge in [-0.15, -0.1) is 0 Å². The summed E-state index contributed by atoms with van der Waals surface area (Å²) in [5.41, 5.74) is 0. The molecule has 0 rings (SSSR count). The van der Waals surface area contributed by atoms with Crippen molar-refractivity contribution in [2.45, 2.75) is 26.2 Å². The van der Waals surface area contributed by atoms with Gasteiger partial charge in [0.1, 0.15) is 0 Å². The van der Waals surface area contributed by atoms with Crippen molar-refractivity contribution in [3.8, 4) is 0 Å². The molecule has 0 fully saturated rings. The van der Waals surface area contributed by atoms with E-state index in [1.807, 2.05) is 6.21 Å². The number of nitrogens with one attached hydrogen (secondary N) is 1. The summed E-state index contributed by atoms with van der Waals surface area (Å²) in [5, 5.41) is 2.74. The van der Waals surface area contributed by atoms with Gasteiger partial charge in [-0.05, 0) is 25.5 Å². The van der Waals surface area contributed by atoms with Gasteiger partial charge in [0.15, 0.2) is 0 Å². The summed E-state index contributed by atoms with van der Waals surface area (Å²) in [6.07, 6.45) is 5.03. The Hall–Kier alpha value is -0.860. The molecule has 0 saturated heterocycles. The number of hydrogen-bond donors (Lipinski definition) is 1. The molecule has 1 N–H and O–H groups in total. The minimum absolute atomic E-state index is 0.0501. The van der Waals surface area contributed by atoms with Crippen LogP contribution in [0.15, 0.2) is 4.99 Å². The lowest BCUT2D eigenvalue weighted by Gasteiger charge is -1.98. The number of nitrogens with zero attached hydrogens (tertiary/aromatic N) is 1. The molecule has 0 aliphatic rings. The molecule has 0 spiro atoms. The number of rotatable bonds is 5. The fourth-order valence-corrected chi connectivity index (χ4v) is 0.754. The van der Waals surface area contributed by atoms with E-state index in [0.29, 0.717) is 0 Å². The Labute approximate surface area is 67.9 Å². The smallest absolute Gasteiger partial charge is 0.216 e. The Bertz CT molecular complexity index is 132. The van der Waals surface area contributed by atoms with Crippen LogP contribution in [0, 0.1) is 0 Å². The Balaban J connectivity index is 2.96. The van der Waals surface area contributed by atoms with Crippen LogP contribution in [-0.2, 0) is 4.79 Å². The molecule has 64 valence electrons. The molecule has 3 nitrogen and oxygen atoms in total. The highest BCUT2D eigenvalue weighted by atomic mass is 16.2. The number of aliphatic imine (C=N–C) groups is 1. The minimum atomic E-state index is 0.0501. The fraction of sp³-hybridized carbons (Fsp3) is 0.750. The van der Waals surface area contributed by atoms with E-state index in [2.05, 4.69) is 10.3 Å². The van der Waals surface area contributed by atoms with Crippen molar-refractivity contribution in [1.82, 2.24) is 5.32 Å². The Morgan fingerprint density at radius 1 is 1.55 bits per heavy atom. The van der Waals surface area contributed by atoms with Crippen LogP contribution in [0.5, 0.6) is 0 Å². The third-order valence-electron chi connectivity index (χ3n) is 1.32.